The average molecular weight is 417 g/mol. The van der Waals surface area contributed by atoms with E-state index < -0.39 is 0 Å². The monoisotopic (exact) mass is 416 g/mol. The third-order valence-electron chi connectivity index (χ3n) is 4.87. The van der Waals surface area contributed by atoms with Crippen molar-refractivity contribution in [1.82, 2.24) is 19.9 Å². The van der Waals surface area contributed by atoms with Crippen molar-refractivity contribution in [1.29, 1.82) is 0 Å². The van der Waals surface area contributed by atoms with Crippen LogP contribution in [0.1, 0.15) is 29.3 Å². The number of thiazole rings is 1. The fraction of sp³-hybridized carbons (Fsp3) is 0.208. The van der Waals surface area contributed by atoms with Crippen molar-refractivity contribution in [3.63, 3.8) is 0 Å². The maximum absolute atomic E-state index is 9.50. The zero-order chi connectivity index (χ0) is 20.6. The summed E-state index contributed by atoms with van der Waals surface area (Å²) in [6.07, 6.45) is 4.17. The van der Waals surface area contributed by atoms with E-state index in [2.05, 4.69) is 68.8 Å². The smallest absolute Gasteiger partial charge is 0.188 e. The highest BCUT2D eigenvalue weighted by Gasteiger charge is 2.23. The second kappa shape index (κ2) is 10.2. The van der Waals surface area contributed by atoms with Gasteiger partial charge in [-0.2, -0.15) is 0 Å². The van der Waals surface area contributed by atoms with Crippen molar-refractivity contribution in [3.8, 4) is 10.8 Å². The third kappa shape index (κ3) is 4.97. The van der Waals surface area contributed by atoms with Crippen LogP contribution in [0, 0.1) is 0 Å². The molecule has 5 nitrogen and oxygen atoms in total. The summed E-state index contributed by atoms with van der Waals surface area (Å²) in [4.78, 5) is 15.8. The SMILES string of the molecule is OCCCN(Cc1csc(-c2ncccn2)n1)C(c1ccccc1)c1ccccc1. The van der Waals surface area contributed by atoms with Crippen LogP contribution in [0.15, 0.2) is 84.5 Å². The minimum absolute atomic E-state index is 0.0806. The molecule has 0 aliphatic rings. The summed E-state index contributed by atoms with van der Waals surface area (Å²) in [7, 11) is 0. The lowest BCUT2D eigenvalue weighted by Crippen LogP contribution is -2.31. The number of aliphatic hydroxyl groups is 1. The lowest BCUT2D eigenvalue weighted by atomic mass is 9.96. The summed E-state index contributed by atoms with van der Waals surface area (Å²) in [5.41, 5.74) is 3.43. The average Bonchev–Trinajstić information content (AvgIpc) is 3.28. The van der Waals surface area contributed by atoms with Crippen molar-refractivity contribution in [2.24, 2.45) is 0 Å². The Labute approximate surface area is 180 Å². The first-order valence-corrected chi connectivity index (χ1v) is 10.9. The van der Waals surface area contributed by atoms with E-state index in [0.29, 0.717) is 18.8 Å². The molecule has 4 rings (SSSR count). The lowest BCUT2D eigenvalue weighted by Gasteiger charge is -2.32. The molecule has 0 amide bonds. The molecule has 6 heteroatoms. The predicted molar refractivity (Wildman–Crippen MR) is 120 cm³/mol. The molecule has 152 valence electrons. The Morgan fingerprint density at radius 2 is 1.50 bits per heavy atom. The van der Waals surface area contributed by atoms with Crippen LogP contribution in [0.4, 0.5) is 0 Å². The van der Waals surface area contributed by atoms with E-state index >= 15 is 0 Å². The van der Waals surface area contributed by atoms with E-state index in [4.69, 9.17) is 4.98 Å². The Kier molecular flexibility index (Phi) is 6.92. The Hall–Kier alpha value is -2.93. The summed E-state index contributed by atoms with van der Waals surface area (Å²) >= 11 is 1.56. The molecule has 30 heavy (non-hydrogen) atoms. The molecule has 0 bridgehead atoms. The number of aliphatic hydroxyl groups excluding tert-OH is 1. The number of hydrogen-bond donors (Lipinski definition) is 1. The molecule has 0 spiro atoms. The molecule has 0 saturated heterocycles. The first-order valence-electron chi connectivity index (χ1n) is 10.0. The first-order chi connectivity index (χ1) is 14.8. The zero-order valence-electron chi connectivity index (χ0n) is 16.6. The number of hydrogen-bond acceptors (Lipinski definition) is 6. The molecule has 2 aromatic heterocycles. The maximum atomic E-state index is 9.50. The van der Waals surface area contributed by atoms with Gasteiger partial charge in [-0.1, -0.05) is 60.7 Å². The van der Waals surface area contributed by atoms with Gasteiger partial charge in [0.25, 0.3) is 0 Å². The second-order valence-electron chi connectivity index (χ2n) is 6.99. The predicted octanol–water partition coefficient (Wildman–Crippen LogP) is 4.57. The highest BCUT2D eigenvalue weighted by Crippen LogP contribution is 2.31. The molecule has 4 aromatic rings. The Balaban J connectivity index is 1.65. The minimum atomic E-state index is 0.0806. The molecule has 0 aliphatic carbocycles. The van der Waals surface area contributed by atoms with E-state index in [1.54, 1.807) is 29.8 Å². The van der Waals surface area contributed by atoms with Crippen molar-refractivity contribution < 1.29 is 5.11 Å². The zero-order valence-corrected chi connectivity index (χ0v) is 17.4. The van der Waals surface area contributed by atoms with E-state index in [1.165, 1.54) is 11.1 Å². The van der Waals surface area contributed by atoms with Crippen LogP contribution in [0.3, 0.4) is 0 Å². The number of aromatic nitrogens is 3. The summed E-state index contributed by atoms with van der Waals surface area (Å²) in [6, 6.07) is 22.9. The van der Waals surface area contributed by atoms with Crippen molar-refractivity contribution in [2.75, 3.05) is 13.2 Å². The van der Waals surface area contributed by atoms with Gasteiger partial charge in [-0.25, -0.2) is 15.0 Å². The Morgan fingerprint density at radius 3 is 2.10 bits per heavy atom. The van der Waals surface area contributed by atoms with E-state index in [-0.39, 0.29) is 12.6 Å². The van der Waals surface area contributed by atoms with Gasteiger partial charge in [-0.3, -0.25) is 4.90 Å². The molecular formula is C24H24N4OS. The van der Waals surface area contributed by atoms with Gasteiger partial charge in [0.1, 0.15) is 0 Å². The van der Waals surface area contributed by atoms with Gasteiger partial charge < -0.3 is 5.11 Å². The molecule has 2 heterocycles. The van der Waals surface area contributed by atoms with Crippen molar-refractivity contribution in [2.45, 2.75) is 19.0 Å². The molecule has 0 fully saturated rings. The van der Waals surface area contributed by atoms with Gasteiger partial charge in [0.2, 0.25) is 0 Å². The molecule has 1 N–H and O–H groups in total. The summed E-state index contributed by atoms with van der Waals surface area (Å²) in [6.45, 7) is 1.60. The third-order valence-corrected chi connectivity index (χ3v) is 5.76. The molecule has 0 radical (unpaired) electrons. The van der Waals surface area contributed by atoms with Gasteiger partial charge in [-0.15, -0.1) is 11.3 Å². The molecule has 2 aromatic carbocycles. The highest BCUT2D eigenvalue weighted by atomic mass is 32.1. The lowest BCUT2D eigenvalue weighted by molar-refractivity contribution is 0.185. The molecule has 0 aliphatic heterocycles. The standard InChI is InChI=1S/C24H24N4OS/c29-16-8-15-28(17-21-18-30-24(27-21)23-25-13-7-14-26-23)22(19-9-3-1-4-10-19)20-11-5-2-6-12-20/h1-7,9-14,18,22,29H,8,15-17H2. The first kappa shape index (κ1) is 20.3. The van der Waals surface area contributed by atoms with E-state index in [1.807, 2.05) is 12.1 Å². The molecule has 0 saturated carbocycles. The van der Waals surface area contributed by atoms with Gasteiger partial charge in [0.15, 0.2) is 10.8 Å². The van der Waals surface area contributed by atoms with Crippen LogP contribution in [0.5, 0.6) is 0 Å². The summed E-state index contributed by atoms with van der Waals surface area (Å²) < 4.78 is 0. The molecule has 0 atom stereocenters. The van der Waals surface area contributed by atoms with Crippen LogP contribution in [-0.4, -0.2) is 38.1 Å². The van der Waals surface area contributed by atoms with Crippen LogP contribution in [0.2, 0.25) is 0 Å². The van der Waals surface area contributed by atoms with E-state index in [9.17, 15) is 5.11 Å². The van der Waals surface area contributed by atoms with Gasteiger partial charge in [0.05, 0.1) is 11.7 Å². The summed E-state index contributed by atoms with van der Waals surface area (Å²) in [5, 5.41) is 12.4. The Morgan fingerprint density at radius 1 is 0.867 bits per heavy atom. The van der Waals surface area contributed by atoms with Crippen LogP contribution in [0.25, 0.3) is 10.8 Å². The van der Waals surface area contributed by atoms with Crippen LogP contribution >= 0.6 is 11.3 Å². The van der Waals surface area contributed by atoms with Gasteiger partial charge >= 0.3 is 0 Å². The molecular weight excluding hydrogens is 392 g/mol. The van der Waals surface area contributed by atoms with Crippen molar-refractivity contribution >= 4 is 11.3 Å². The fourth-order valence-corrected chi connectivity index (χ4v) is 4.31. The number of rotatable bonds is 9. The minimum Gasteiger partial charge on any atom is -0.396 e. The van der Waals surface area contributed by atoms with E-state index in [0.717, 1.165) is 17.2 Å². The van der Waals surface area contributed by atoms with Crippen molar-refractivity contribution in [3.05, 3.63) is 101 Å². The van der Waals surface area contributed by atoms with Gasteiger partial charge in [-0.05, 0) is 23.6 Å². The van der Waals surface area contributed by atoms with Gasteiger partial charge in [0, 0.05) is 37.5 Å². The second-order valence-corrected chi connectivity index (χ2v) is 7.85. The maximum Gasteiger partial charge on any atom is 0.188 e. The largest absolute Gasteiger partial charge is 0.396 e. The fourth-order valence-electron chi connectivity index (χ4n) is 3.56. The molecule has 0 unspecified atom stereocenters. The number of nitrogens with zero attached hydrogens (tertiary/aromatic N) is 4. The quantitative estimate of drug-likeness (QED) is 0.433. The Bertz CT molecular complexity index is 985. The highest BCUT2D eigenvalue weighted by molar-refractivity contribution is 7.13. The summed E-state index contributed by atoms with van der Waals surface area (Å²) in [5.74, 6) is 0.651. The number of benzene rings is 2. The normalized spacial score (nSPS) is 11.3. The topological polar surface area (TPSA) is 62.1 Å². The van der Waals surface area contributed by atoms with Crippen LogP contribution in [-0.2, 0) is 6.54 Å². The van der Waals surface area contributed by atoms with Crippen LogP contribution < -0.4 is 0 Å².